The van der Waals surface area contributed by atoms with E-state index in [1.54, 1.807) is 16.7 Å². The largest absolute Gasteiger partial charge is 0.371 e. The Kier molecular flexibility index (Phi) is 3.81. The summed E-state index contributed by atoms with van der Waals surface area (Å²) in [5.41, 5.74) is 2.25. The first kappa shape index (κ1) is 15.6. The van der Waals surface area contributed by atoms with E-state index in [1.807, 2.05) is 42.5 Å². The van der Waals surface area contributed by atoms with Crippen LogP contribution in [-0.4, -0.2) is 43.6 Å². The van der Waals surface area contributed by atoms with E-state index in [2.05, 4.69) is 9.88 Å². The van der Waals surface area contributed by atoms with Gasteiger partial charge >= 0.3 is 0 Å². The molecule has 0 spiro atoms. The summed E-state index contributed by atoms with van der Waals surface area (Å²) < 4.78 is 26.3. The molecule has 6 heteroatoms. The zero-order valence-corrected chi connectivity index (χ0v) is 14.4. The van der Waals surface area contributed by atoms with Gasteiger partial charge in [-0.1, -0.05) is 30.3 Å². The molecule has 0 radical (unpaired) electrons. The molecule has 0 N–H and O–H groups in total. The molecular formula is C18H21N3O2S. The molecule has 2 aliphatic heterocycles. The normalized spacial score (nSPS) is 27.4. The molecule has 2 fully saturated rings. The van der Waals surface area contributed by atoms with Crippen LogP contribution >= 0.6 is 0 Å². The molecule has 1 aromatic heterocycles. The van der Waals surface area contributed by atoms with E-state index >= 15 is 0 Å². The fraction of sp³-hybridized carbons (Fsp3) is 0.389. The molecule has 2 aliphatic rings. The van der Waals surface area contributed by atoms with Crippen molar-refractivity contribution in [1.82, 2.24) is 9.29 Å². The number of nitrogens with zero attached hydrogens (tertiary/aromatic N) is 3. The molecule has 5 nitrogen and oxygen atoms in total. The summed E-state index contributed by atoms with van der Waals surface area (Å²) in [6.07, 6.45) is 4.94. The highest BCUT2D eigenvalue weighted by Gasteiger charge is 2.50. The number of fused-ring (bicyclic) bond motifs is 1. The van der Waals surface area contributed by atoms with Gasteiger partial charge in [0, 0.05) is 43.6 Å². The zero-order valence-electron chi connectivity index (χ0n) is 13.6. The zero-order chi connectivity index (χ0) is 16.7. The smallest absolute Gasteiger partial charge is 0.211 e. The maximum absolute atomic E-state index is 12.3. The summed E-state index contributed by atoms with van der Waals surface area (Å²) in [5, 5.41) is 0. The quantitative estimate of drug-likeness (QED) is 0.857. The highest BCUT2D eigenvalue weighted by Crippen LogP contribution is 2.46. The minimum absolute atomic E-state index is 0.0713. The number of anilines is 1. The van der Waals surface area contributed by atoms with Gasteiger partial charge in [-0.05, 0) is 23.6 Å². The maximum Gasteiger partial charge on any atom is 0.211 e. The van der Waals surface area contributed by atoms with Crippen molar-refractivity contribution >= 4 is 15.7 Å². The van der Waals surface area contributed by atoms with Crippen LogP contribution in [0, 0.1) is 11.8 Å². The van der Waals surface area contributed by atoms with Gasteiger partial charge in [-0.15, -0.1) is 0 Å². The van der Waals surface area contributed by atoms with Crippen LogP contribution in [0.15, 0.2) is 54.9 Å². The fourth-order valence-electron chi connectivity index (χ4n) is 4.18. The van der Waals surface area contributed by atoms with Crippen molar-refractivity contribution in [3.05, 3.63) is 60.4 Å². The van der Waals surface area contributed by atoms with Crippen LogP contribution in [0.5, 0.6) is 0 Å². The predicted molar refractivity (Wildman–Crippen MR) is 94.2 cm³/mol. The van der Waals surface area contributed by atoms with Crippen LogP contribution in [0.2, 0.25) is 0 Å². The Morgan fingerprint density at radius 2 is 1.71 bits per heavy atom. The van der Waals surface area contributed by atoms with Crippen molar-refractivity contribution in [2.75, 3.05) is 30.8 Å². The fourth-order valence-corrected chi connectivity index (χ4v) is 5.33. The first-order valence-electron chi connectivity index (χ1n) is 8.21. The Bertz CT molecular complexity index is 811. The van der Waals surface area contributed by atoms with E-state index in [0.717, 1.165) is 24.3 Å². The van der Waals surface area contributed by atoms with Crippen molar-refractivity contribution in [2.24, 2.45) is 11.8 Å². The summed E-state index contributed by atoms with van der Waals surface area (Å²) >= 11 is 0. The number of rotatable bonds is 3. The Morgan fingerprint density at radius 1 is 1.00 bits per heavy atom. The summed E-state index contributed by atoms with van der Waals surface area (Å²) in [6, 6.07) is 14.0. The van der Waals surface area contributed by atoms with E-state index < -0.39 is 10.0 Å². The third-order valence-electron chi connectivity index (χ3n) is 5.22. The van der Waals surface area contributed by atoms with Crippen LogP contribution < -0.4 is 4.90 Å². The standard InChI is InChI=1S/C18H21N3O2S/c1-24(22,23)21-12-15-11-20(16-7-9-19-10-8-16)13-17(15)18(21)14-5-3-2-4-6-14/h2-10,15,17-18H,11-13H2,1H3/t15-,17-,18+/m1/s1. The number of aromatic nitrogens is 1. The Balaban J connectivity index is 1.67. The lowest BCUT2D eigenvalue weighted by Crippen LogP contribution is -2.35. The summed E-state index contributed by atoms with van der Waals surface area (Å²) in [7, 11) is -3.22. The number of hydrogen-bond donors (Lipinski definition) is 0. The molecule has 1 aromatic carbocycles. The van der Waals surface area contributed by atoms with Gasteiger partial charge in [0.25, 0.3) is 0 Å². The lowest BCUT2D eigenvalue weighted by atomic mass is 9.90. The van der Waals surface area contributed by atoms with Crippen molar-refractivity contribution in [3.8, 4) is 0 Å². The average Bonchev–Trinajstić information content (AvgIpc) is 3.14. The van der Waals surface area contributed by atoms with E-state index in [9.17, 15) is 8.42 Å². The van der Waals surface area contributed by atoms with Crippen LogP contribution in [0.4, 0.5) is 5.69 Å². The van der Waals surface area contributed by atoms with Gasteiger partial charge in [-0.25, -0.2) is 8.42 Å². The van der Waals surface area contributed by atoms with Crippen molar-refractivity contribution in [3.63, 3.8) is 0 Å². The number of hydrogen-bond acceptors (Lipinski definition) is 4. The molecule has 24 heavy (non-hydrogen) atoms. The highest BCUT2D eigenvalue weighted by atomic mass is 32.2. The minimum Gasteiger partial charge on any atom is -0.371 e. The monoisotopic (exact) mass is 343 g/mol. The molecule has 2 saturated heterocycles. The van der Waals surface area contributed by atoms with Gasteiger partial charge < -0.3 is 4.90 Å². The van der Waals surface area contributed by atoms with E-state index in [0.29, 0.717) is 18.4 Å². The van der Waals surface area contributed by atoms with E-state index in [4.69, 9.17) is 0 Å². The van der Waals surface area contributed by atoms with Crippen molar-refractivity contribution in [1.29, 1.82) is 0 Å². The SMILES string of the molecule is CS(=O)(=O)N1C[C@H]2CN(c3ccncc3)C[C@H]2[C@@H]1c1ccccc1. The van der Waals surface area contributed by atoms with Crippen LogP contribution in [0.25, 0.3) is 0 Å². The van der Waals surface area contributed by atoms with Gasteiger partial charge in [0.1, 0.15) is 0 Å². The van der Waals surface area contributed by atoms with E-state index in [-0.39, 0.29) is 6.04 Å². The number of pyridine rings is 1. The topological polar surface area (TPSA) is 53.5 Å². The third-order valence-corrected chi connectivity index (χ3v) is 6.44. The highest BCUT2D eigenvalue weighted by molar-refractivity contribution is 7.88. The molecule has 3 atom stereocenters. The number of benzene rings is 1. The molecule has 0 aliphatic carbocycles. The molecule has 0 amide bonds. The Hall–Kier alpha value is -1.92. The van der Waals surface area contributed by atoms with Crippen LogP contribution in [0.1, 0.15) is 11.6 Å². The lowest BCUT2D eigenvalue weighted by molar-refractivity contribution is 0.352. The second-order valence-corrected chi connectivity index (χ2v) is 8.66. The third kappa shape index (κ3) is 2.70. The molecule has 3 heterocycles. The average molecular weight is 343 g/mol. The molecule has 0 bridgehead atoms. The second-order valence-electron chi connectivity index (χ2n) is 6.72. The van der Waals surface area contributed by atoms with Gasteiger partial charge in [0.05, 0.1) is 12.3 Å². The second kappa shape index (κ2) is 5.86. The summed E-state index contributed by atoms with van der Waals surface area (Å²) in [5.74, 6) is 0.674. The first-order chi connectivity index (χ1) is 11.5. The van der Waals surface area contributed by atoms with E-state index in [1.165, 1.54) is 6.26 Å². The van der Waals surface area contributed by atoms with Gasteiger partial charge in [0.15, 0.2) is 0 Å². The van der Waals surface area contributed by atoms with Gasteiger partial charge in [0.2, 0.25) is 10.0 Å². The molecule has 2 aromatic rings. The molecule has 0 unspecified atom stereocenters. The summed E-state index contributed by atoms with van der Waals surface area (Å²) in [4.78, 5) is 6.44. The van der Waals surface area contributed by atoms with Gasteiger partial charge in [-0.2, -0.15) is 4.31 Å². The summed E-state index contributed by atoms with van der Waals surface area (Å²) in [6.45, 7) is 2.37. The molecular weight excluding hydrogens is 322 g/mol. The van der Waals surface area contributed by atoms with Crippen molar-refractivity contribution < 1.29 is 8.42 Å². The lowest BCUT2D eigenvalue weighted by Gasteiger charge is -2.28. The molecule has 4 rings (SSSR count). The predicted octanol–water partition coefficient (Wildman–Crippen LogP) is 2.15. The van der Waals surface area contributed by atoms with Gasteiger partial charge in [-0.3, -0.25) is 4.98 Å². The maximum atomic E-state index is 12.3. The van der Waals surface area contributed by atoms with Crippen LogP contribution in [-0.2, 0) is 10.0 Å². The van der Waals surface area contributed by atoms with Crippen LogP contribution in [0.3, 0.4) is 0 Å². The molecule has 0 saturated carbocycles. The minimum atomic E-state index is -3.22. The molecule has 126 valence electrons. The first-order valence-corrected chi connectivity index (χ1v) is 10.1. The Morgan fingerprint density at radius 3 is 2.38 bits per heavy atom. The van der Waals surface area contributed by atoms with Crippen molar-refractivity contribution in [2.45, 2.75) is 6.04 Å². The number of sulfonamides is 1. The Labute approximate surface area is 143 Å².